The van der Waals surface area contributed by atoms with Crippen LogP contribution in [-0.4, -0.2) is 53.5 Å². The summed E-state index contributed by atoms with van der Waals surface area (Å²) in [5.74, 6) is 3.18. The first-order valence-corrected chi connectivity index (χ1v) is 10.3. The van der Waals surface area contributed by atoms with Crippen molar-refractivity contribution in [3.05, 3.63) is 41.0 Å². The van der Waals surface area contributed by atoms with Crippen LogP contribution in [0.5, 0.6) is 5.75 Å². The maximum atomic E-state index is 5.59. The number of aromatic nitrogens is 3. The number of rotatable bonds is 6. The van der Waals surface area contributed by atoms with Crippen LogP contribution in [0.1, 0.15) is 48.1 Å². The molecule has 28 heavy (non-hydrogen) atoms. The molecule has 2 aliphatic rings. The summed E-state index contributed by atoms with van der Waals surface area (Å²) in [7, 11) is 3.47. The Labute approximate surface area is 167 Å². The zero-order valence-electron chi connectivity index (χ0n) is 17.0. The Balaban J connectivity index is 1.46. The summed E-state index contributed by atoms with van der Waals surface area (Å²) in [6, 6.07) is 6.67. The number of ether oxygens (including phenoxy) is 2. The van der Waals surface area contributed by atoms with E-state index in [1.54, 1.807) is 14.2 Å². The summed E-state index contributed by atoms with van der Waals surface area (Å²) in [5.41, 5.74) is 2.39. The summed E-state index contributed by atoms with van der Waals surface area (Å²) < 4.78 is 13.2. The Morgan fingerprint density at radius 2 is 2.07 bits per heavy atom. The van der Waals surface area contributed by atoms with E-state index in [4.69, 9.17) is 9.47 Å². The molecular formula is C21H31N5O2. The normalized spacial score (nSPS) is 20.6. The van der Waals surface area contributed by atoms with Gasteiger partial charge < -0.3 is 19.4 Å². The summed E-state index contributed by atoms with van der Waals surface area (Å²) in [6.45, 7) is 5.48. The van der Waals surface area contributed by atoms with Crippen LogP contribution in [-0.2, 0) is 30.9 Å². The second-order valence-corrected chi connectivity index (χ2v) is 7.73. The summed E-state index contributed by atoms with van der Waals surface area (Å²) in [6.07, 6.45) is 4.62. The number of nitrogens with zero attached hydrogens (tertiary/aromatic N) is 4. The highest BCUT2D eigenvalue weighted by atomic mass is 16.5. The zero-order valence-corrected chi connectivity index (χ0v) is 17.0. The van der Waals surface area contributed by atoms with Crippen molar-refractivity contribution in [2.75, 3.05) is 33.9 Å². The Hall–Kier alpha value is -1.96. The van der Waals surface area contributed by atoms with Gasteiger partial charge in [0.2, 0.25) is 0 Å². The lowest BCUT2D eigenvalue weighted by molar-refractivity contribution is 0.184. The summed E-state index contributed by atoms with van der Waals surface area (Å²) in [4.78, 5) is 2.49. The first-order chi connectivity index (χ1) is 13.8. The van der Waals surface area contributed by atoms with Crippen LogP contribution < -0.4 is 10.1 Å². The Bertz CT molecular complexity index is 785. The smallest absolute Gasteiger partial charge is 0.150 e. The second kappa shape index (κ2) is 9.03. The van der Waals surface area contributed by atoms with Crippen molar-refractivity contribution >= 4 is 0 Å². The molecule has 1 atom stereocenters. The molecule has 0 radical (unpaired) electrons. The zero-order chi connectivity index (χ0) is 19.3. The van der Waals surface area contributed by atoms with Gasteiger partial charge in [-0.25, -0.2) is 0 Å². The number of hydrogen-bond donors (Lipinski definition) is 1. The van der Waals surface area contributed by atoms with Crippen molar-refractivity contribution in [1.29, 1.82) is 0 Å². The molecule has 0 bridgehead atoms. The minimum absolute atomic E-state index is 0.354. The molecule has 2 aliphatic heterocycles. The number of benzene rings is 1. The molecule has 7 heteroatoms. The van der Waals surface area contributed by atoms with E-state index < -0.39 is 0 Å². The molecule has 1 aromatic heterocycles. The van der Waals surface area contributed by atoms with Gasteiger partial charge in [0.1, 0.15) is 17.4 Å². The fourth-order valence-electron chi connectivity index (χ4n) is 4.33. The maximum Gasteiger partial charge on any atom is 0.150 e. The molecule has 0 spiro atoms. The molecule has 7 nitrogen and oxygen atoms in total. The lowest BCUT2D eigenvalue weighted by Gasteiger charge is -2.24. The highest BCUT2D eigenvalue weighted by Gasteiger charge is 2.25. The van der Waals surface area contributed by atoms with Gasteiger partial charge in [-0.15, -0.1) is 10.2 Å². The molecule has 4 rings (SSSR count). The minimum Gasteiger partial charge on any atom is -0.496 e. The molecule has 1 aromatic carbocycles. The quantitative estimate of drug-likeness (QED) is 0.823. The third-order valence-corrected chi connectivity index (χ3v) is 5.82. The van der Waals surface area contributed by atoms with Crippen LogP contribution in [0.25, 0.3) is 0 Å². The van der Waals surface area contributed by atoms with Crippen LogP contribution >= 0.6 is 0 Å². The van der Waals surface area contributed by atoms with E-state index in [1.807, 2.05) is 6.07 Å². The average Bonchev–Trinajstić information content (AvgIpc) is 3.04. The molecule has 3 heterocycles. The van der Waals surface area contributed by atoms with Crippen molar-refractivity contribution in [2.24, 2.45) is 0 Å². The van der Waals surface area contributed by atoms with Gasteiger partial charge in [-0.1, -0.05) is 12.5 Å². The highest BCUT2D eigenvalue weighted by Crippen LogP contribution is 2.25. The van der Waals surface area contributed by atoms with Crippen molar-refractivity contribution < 1.29 is 9.47 Å². The summed E-state index contributed by atoms with van der Waals surface area (Å²) >= 11 is 0. The first kappa shape index (κ1) is 19.4. The van der Waals surface area contributed by atoms with Gasteiger partial charge in [0, 0.05) is 45.3 Å². The number of fused-ring (bicyclic) bond motifs is 1. The van der Waals surface area contributed by atoms with Gasteiger partial charge in [-0.05, 0) is 37.1 Å². The van der Waals surface area contributed by atoms with Gasteiger partial charge in [0.15, 0.2) is 0 Å². The Kier molecular flexibility index (Phi) is 6.24. The van der Waals surface area contributed by atoms with Crippen LogP contribution in [0.2, 0.25) is 0 Å². The van der Waals surface area contributed by atoms with Crippen molar-refractivity contribution in [3.63, 3.8) is 0 Å². The number of nitrogens with one attached hydrogen (secondary N) is 1. The van der Waals surface area contributed by atoms with Crippen LogP contribution in [0.4, 0.5) is 0 Å². The predicted octanol–water partition coefficient (Wildman–Crippen LogP) is 2.31. The molecule has 0 saturated carbocycles. The third-order valence-electron chi connectivity index (χ3n) is 5.82. The molecule has 0 unspecified atom stereocenters. The van der Waals surface area contributed by atoms with E-state index >= 15 is 0 Å². The van der Waals surface area contributed by atoms with Gasteiger partial charge >= 0.3 is 0 Å². The number of piperidine rings is 1. The highest BCUT2D eigenvalue weighted by molar-refractivity contribution is 5.37. The van der Waals surface area contributed by atoms with Crippen molar-refractivity contribution in [1.82, 2.24) is 25.0 Å². The van der Waals surface area contributed by atoms with Gasteiger partial charge in [0.05, 0.1) is 19.8 Å². The SMILES string of the molecule is COCc1ccc(OC)c(CN2CCc3nnc([C@@H]4CCCCN4)n3CC2)c1. The number of hydrogen-bond acceptors (Lipinski definition) is 6. The van der Waals surface area contributed by atoms with E-state index in [9.17, 15) is 0 Å². The van der Waals surface area contributed by atoms with E-state index in [-0.39, 0.29) is 0 Å². The Morgan fingerprint density at radius 3 is 2.86 bits per heavy atom. The molecule has 152 valence electrons. The first-order valence-electron chi connectivity index (χ1n) is 10.3. The average molecular weight is 386 g/mol. The van der Waals surface area contributed by atoms with Gasteiger partial charge in [-0.2, -0.15) is 0 Å². The van der Waals surface area contributed by atoms with E-state index in [2.05, 4.69) is 37.1 Å². The van der Waals surface area contributed by atoms with Gasteiger partial charge in [0.25, 0.3) is 0 Å². The van der Waals surface area contributed by atoms with Crippen molar-refractivity contribution in [2.45, 2.75) is 51.4 Å². The van der Waals surface area contributed by atoms with Crippen molar-refractivity contribution in [3.8, 4) is 5.75 Å². The summed E-state index contributed by atoms with van der Waals surface area (Å²) in [5, 5.41) is 12.7. The molecule has 1 N–H and O–H groups in total. The topological polar surface area (TPSA) is 64.4 Å². The van der Waals surface area contributed by atoms with E-state index in [0.29, 0.717) is 12.6 Å². The Morgan fingerprint density at radius 1 is 1.14 bits per heavy atom. The van der Waals surface area contributed by atoms with Gasteiger partial charge in [-0.3, -0.25) is 4.90 Å². The standard InChI is InChI=1S/C21H31N5O2/c1-27-15-16-6-7-19(28-2)17(13-16)14-25-10-8-20-23-24-21(26(20)12-11-25)18-5-3-4-9-22-18/h6-7,13,18,22H,3-5,8-12,14-15H2,1-2H3/t18-/m0/s1. The number of methoxy groups -OCH3 is 2. The second-order valence-electron chi connectivity index (χ2n) is 7.73. The molecule has 0 amide bonds. The fourth-order valence-corrected chi connectivity index (χ4v) is 4.33. The maximum absolute atomic E-state index is 5.59. The fraction of sp³-hybridized carbons (Fsp3) is 0.619. The molecule has 1 saturated heterocycles. The molecule has 2 aromatic rings. The van der Waals surface area contributed by atoms with Crippen LogP contribution in [0, 0.1) is 0 Å². The third kappa shape index (κ3) is 4.21. The van der Waals surface area contributed by atoms with Crippen LogP contribution in [0.15, 0.2) is 18.2 Å². The van der Waals surface area contributed by atoms with E-state index in [1.165, 1.54) is 24.0 Å². The van der Waals surface area contributed by atoms with E-state index in [0.717, 1.165) is 63.0 Å². The molecule has 1 fully saturated rings. The molecule has 0 aliphatic carbocycles. The lowest BCUT2D eigenvalue weighted by Crippen LogP contribution is -2.30. The molecular weight excluding hydrogens is 354 g/mol. The van der Waals surface area contributed by atoms with Crippen LogP contribution in [0.3, 0.4) is 0 Å². The minimum atomic E-state index is 0.354. The largest absolute Gasteiger partial charge is 0.496 e. The predicted molar refractivity (Wildman–Crippen MR) is 107 cm³/mol. The lowest BCUT2D eigenvalue weighted by atomic mass is 10.0. The monoisotopic (exact) mass is 385 g/mol.